The Morgan fingerprint density at radius 1 is 1.36 bits per heavy atom. The number of nitriles is 1. The van der Waals surface area contributed by atoms with E-state index in [1.165, 1.54) is 17.4 Å². The molecule has 7 heteroatoms. The molecular weight excluding hydrogens is 338 g/mol. The number of nitrogens with zero attached hydrogens (tertiary/aromatic N) is 1. The van der Waals surface area contributed by atoms with Crippen LogP contribution in [-0.2, 0) is 17.6 Å². The predicted octanol–water partition coefficient (Wildman–Crippen LogP) is 3.17. The van der Waals surface area contributed by atoms with Crippen molar-refractivity contribution in [3.63, 3.8) is 0 Å². The van der Waals surface area contributed by atoms with Gasteiger partial charge in [0.2, 0.25) is 0 Å². The van der Waals surface area contributed by atoms with Gasteiger partial charge in [0.15, 0.2) is 0 Å². The minimum atomic E-state index is -0.586. The third-order valence-electron chi connectivity index (χ3n) is 4.06. The summed E-state index contributed by atoms with van der Waals surface area (Å²) in [7, 11) is 0. The molecule has 3 N–H and O–H groups in total. The fraction of sp³-hybridized carbons (Fsp3) is 0.278. The van der Waals surface area contributed by atoms with Crippen molar-refractivity contribution in [1.29, 1.82) is 5.26 Å². The number of nitrogens with one attached hydrogen (secondary N) is 1. The average Bonchev–Trinajstić information content (AvgIpc) is 3.15. The standard InChI is InChI=1S/C18H17N3O3S/c1-10-6-7-12(24-10)8-11(9-19)17(23)21-18-15(16(20)22)13-4-2-3-5-14(13)25-18/h6-8H,2-5H2,1H3,(H2,20,22)(H,21,23)/b11-8-. The van der Waals surface area contributed by atoms with Crippen molar-refractivity contribution in [2.24, 2.45) is 5.73 Å². The first kappa shape index (κ1) is 17.0. The molecule has 0 aliphatic heterocycles. The van der Waals surface area contributed by atoms with E-state index in [0.29, 0.717) is 22.1 Å². The van der Waals surface area contributed by atoms with Crippen molar-refractivity contribution in [3.8, 4) is 6.07 Å². The molecule has 2 aromatic rings. The van der Waals surface area contributed by atoms with Crippen molar-refractivity contribution in [2.75, 3.05) is 5.32 Å². The highest BCUT2D eigenvalue weighted by Gasteiger charge is 2.25. The number of rotatable bonds is 4. The van der Waals surface area contributed by atoms with E-state index >= 15 is 0 Å². The van der Waals surface area contributed by atoms with Crippen LogP contribution in [0.25, 0.3) is 6.08 Å². The van der Waals surface area contributed by atoms with Crippen molar-refractivity contribution >= 4 is 34.2 Å². The number of nitrogens with two attached hydrogens (primary N) is 1. The molecule has 0 saturated heterocycles. The maximum atomic E-state index is 12.5. The average molecular weight is 355 g/mol. The van der Waals surface area contributed by atoms with Crippen LogP contribution in [0.3, 0.4) is 0 Å². The molecule has 2 amide bonds. The van der Waals surface area contributed by atoms with Crippen LogP contribution in [0.2, 0.25) is 0 Å². The van der Waals surface area contributed by atoms with Crippen LogP contribution in [0, 0.1) is 18.3 Å². The lowest BCUT2D eigenvalue weighted by Crippen LogP contribution is -2.19. The summed E-state index contributed by atoms with van der Waals surface area (Å²) < 4.78 is 5.37. The Balaban J connectivity index is 1.90. The first-order valence-electron chi connectivity index (χ1n) is 7.93. The molecule has 0 spiro atoms. The summed E-state index contributed by atoms with van der Waals surface area (Å²) in [4.78, 5) is 25.4. The molecule has 0 saturated carbocycles. The summed E-state index contributed by atoms with van der Waals surface area (Å²) in [6.07, 6.45) is 5.09. The Hall–Kier alpha value is -2.85. The van der Waals surface area contributed by atoms with Gasteiger partial charge >= 0.3 is 0 Å². The van der Waals surface area contributed by atoms with Gasteiger partial charge in [-0.2, -0.15) is 5.26 Å². The summed E-state index contributed by atoms with van der Waals surface area (Å²) in [6.45, 7) is 1.78. The van der Waals surface area contributed by atoms with Crippen LogP contribution in [-0.4, -0.2) is 11.8 Å². The van der Waals surface area contributed by atoms with Gasteiger partial charge in [0.1, 0.15) is 28.2 Å². The fourth-order valence-corrected chi connectivity index (χ4v) is 4.20. The molecule has 2 aromatic heterocycles. The second-order valence-electron chi connectivity index (χ2n) is 5.85. The Morgan fingerprint density at radius 2 is 2.12 bits per heavy atom. The summed E-state index contributed by atoms with van der Waals surface area (Å²) in [5, 5.41) is 12.4. The predicted molar refractivity (Wildman–Crippen MR) is 95.1 cm³/mol. The van der Waals surface area contributed by atoms with Crippen molar-refractivity contribution in [3.05, 3.63) is 45.2 Å². The number of hydrogen-bond donors (Lipinski definition) is 2. The van der Waals surface area contributed by atoms with Crippen LogP contribution in [0.5, 0.6) is 0 Å². The van der Waals surface area contributed by atoms with Crippen LogP contribution in [0.1, 0.15) is 45.2 Å². The largest absolute Gasteiger partial charge is 0.462 e. The molecule has 2 heterocycles. The second-order valence-corrected chi connectivity index (χ2v) is 6.96. The van der Waals surface area contributed by atoms with Crippen molar-refractivity contribution in [1.82, 2.24) is 0 Å². The van der Waals surface area contributed by atoms with Gasteiger partial charge < -0.3 is 15.5 Å². The Bertz CT molecular complexity index is 915. The smallest absolute Gasteiger partial charge is 0.267 e. The first-order valence-corrected chi connectivity index (χ1v) is 8.75. The van der Waals surface area contributed by atoms with Crippen molar-refractivity contribution in [2.45, 2.75) is 32.6 Å². The van der Waals surface area contributed by atoms with Gasteiger partial charge in [0.05, 0.1) is 5.56 Å². The van der Waals surface area contributed by atoms with E-state index in [9.17, 15) is 14.9 Å². The third kappa shape index (κ3) is 3.49. The van der Waals surface area contributed by atoms with E-state index in [1.807, 2.05) is 6.07 Å². The van der Waals surface area contributed by atoms with Gasteiger partial charge in [-0.25, -0.2) is 0 Å². The monoisotopic (exact) mass is 355 g/mol. The number of primary amides is 1. The minimum absolute atomic E-state index is 0.101. The summed E-state index contributed by atoms with van der Waals surface area (Å²) in [5.74, 6) is -0.0350. The maximum Gasteiger partial charge on any atom is 0.267 e. The molecule has 0 fully saturated rings. The van der Waals surface area contributed by atoms with Crippen LogP contribution >= 0.6 is 11.3 Å². The van der Waals surface area contributed by atoms with Gasteiger partial charge in [-0.3, -0.25) is 9.59 Å². The Labute approximate surface area is 148 Å². The molecule has 1 aliphatic rings. The molecule has 1 aliphatic carbocycles. The lowest BCUT2D eigenvalue weighted by atomic mass is 9.95. The zero-order valence-corrected chi connectivity index (χ0v) is 14.5. The molecule has 0 atom stereocenters. The number of anilines is 1. The molecule has 128 valence electrons. The number of furan rings is 1. The second kappa shape index (κ2) is 6.95. The fourth-order valence-electron chi connectivity index (χ4n) is 2.91. The van der Waals surface area contributed by atoms with Crippen LogP contribution in [0.4, 0.5) is 5.00 Å². The van der Waals surface area contributed by atoms with Gasteiger partial charge in [-0.1, -0.05) is 0 Å². The summed E-state index contributed by atoms with van der Waals surface area (Å²) in [5.41, 5.74) is 6.72. The number of amides is 2. The Kier molecular flexibility index (Phi) is 4.72. The number of carbonyl (C=O) groups excluding carboxylic acids is 2. The zero-order valence-electron chi connectivity index (χ0n) is 13.7. The molecule has 25 heavy (non-hydrogen) atoms. The number of fused-ring (bicyclic) bond motifs is 1. The highest BCUT2D eigenvalue weighted by atomic mass is 32.1. The van der Waals surface area contributed by atoms with Crippen molar-refractivity contribution < 1.29 is 14.0 Å². The lowest BCUT2D eigenvalue weighted by Gasteiger charge is -2.11. The first-order chi connectivity index (χ1) is 12.0. The minimum Gasteiger partial charge on any atom is -0.462 e. The lowest BCUT2D eigenvalue weighted by molar-refractivity contribution is -0.112. The number of hydrogen-bond acceptors (Lipinski definition) is 5. The third-order valence-corrected chi connectivity index (χ3v) is 5.26. The quantitative estimate of drug-likeness (QED) is 0.648. The summed E-state index contributed by atoms with van der Waals surface area (Å²) >= 11 is 1.36. The molecular formula is C18H17N3O3S. The molecule has 0 aromatic carbocycles. The number of thiophene rings is 1. The molecule has 3 rings (SSSR count). The van der Waals surface area contributed by atoms with E-state index in [4.69, 9.17) is 10.2 Å². The van der Waals surface area contributed by atoms with Gasteiger partial charge in [0.25, 0.3) is 11.8 Å². The van der Waals surface area contributed by atoms with Crippen LogP contribution < -0.4 is 11.1 Å². The highest BCUT2D eigenvalue weighted by molar-refractivity contribution is 7.17. The molecule has 0 bridgehead atoms. The van der Waals surface area contributed by atoms with E-state index in [1.54, 1.807) is 19.1 Å². The van der Waals surface area contributed by atoms with Gasteiger partial charge in [-0.15, -0.1) is 11.3 Å². The Morgan fingerprint density at radius 3 is 2.76 bits per heavy atom. The van der Waals surface area contributed by atoms with E-state index in [0.717, 1.165) is 36.1 Å². The molecule has 0 unspecified atom stereocenters. The van der Waals surface area contributed by atoms with Gasteiger partial charge in [-0.05, 0) is 50.3 Å². The van der Waals surface area contributed by atoms with E-state index in [-0.39, 0.29) is 5.57 Å². The highest BCUT2D eigenvalue weighted by Crippen LogP contribution is 2.38. The maximum absolute atomic E-state index is 12.5. The number of carbonyl (C=O) groups is 2. The van der Waals surface area contributed by atoms with Gasteiger partial charge in [0, 0.05) is 11.0 Å². The molecule has 6 nitrogen and oxygen atoms in total. The molecule has 0 radical (unpaired) electrons. The zero-order chi connectivity index (χ0) is 18.0. The normalized spacial score (nSPS) is 13.8. The van der Waals surface area contributed by atoms with E-state index in [2.05, 4.69) is 5.32 Å². The summed E-state index contributed by atoms with van der Waals surface area (Å²) in [6, 6.07) is 5.29. The SMILES string of the molecule is Cc1ccc(/C=C(/C#N)C(=O)Nc2sc3c(c2C(N)=O)CCCC3)o1. The van der Waals surface area contributed by atoms with Crippen LogP contribution in [0.15, 0.2) is 22.1 Å². The topological polar surface area (TPSA) is 109 Å². The number of aryl methyl sites for hydroxylation is 2. The van der Waals surface area contributed by atoms with E-state index < -0.39 is 11.8 Å².